The number of aliphatic hydroxyl groups excluding tert-OH is 1. The van der Waals surface area contributed by atoms with Crippen molar-refractivity contribution in [3.8, 4) is 11.5 Å². The second kappa shape index (κ2) is 7.95. The van der Waals surface area contributed by atoms with Gasteiger partial charge in [0.25, 0.3) is 0 Å². The fourth-order valence-electron chi connectivity index (χ4n) is 3.42. The van der Waals surface area contributed by atoms with Crippen molar-refractivity contribution < 1.29 is 19.4 Å². The quantitative estimate of drug-likeness (QED) is 0.829. The molecular formula is C19H28N2O4. The molecule has 2 fully saturated rings. The van der Waals surface area contributed by atoms with Crippen molar-refractivity contribution in [3.05, 3.63) is 23.8 Å². The molecule has 0 atom stereocenters. The van der Waals surface area contributed by atoms with E-state index in [9.17, 15) is 9.90 Å². The first kappa shape index (κ1) is 17.9. The molecule has 0 radical (unpaired) electrons. The molecule has 3 rings (SSSR count). The monoisotopic (exact) mass is 348 g/mol. The fraction of sp³-hybridized carbons (Fsp3) is 0.632. The summed E-state index contributed by atoms with van der Waals surface area (Å²) in [5.41, 5.74) is 0.947. The third-order valence-corrected chi connectivity index (χ3v) is 5.10. The summed E-state index contributed by atoms with van der Waals surface area (Å²) in [5.74, 6) is 1.52. The zero-order chi connectivity index (χ0) is 17.8. The fourth-order valence-corrected chi connectivity index (χ4v) is 3.42. The normalized spacial score (nSPS) is 23.0. The molecule has 1 aromatic carbocycles. The highest BCUT2D eigenvalue weighted by Gasteiger charge is 2.34. The summed E-state index contributed by atoms with van der Waals surface area (Å²) in [6.45, 7) is 0.506. The highest BCUT2D eigenvalue weighted by molar-refractivity contribution is 5.75. The van der Waals surface area contributed by atoms with Gasteiger partial charge in [-0.25, -0.2) is 4.79 Å². The lowest BCUT2D eigenvalue weighted by atomic mass is 9.93. The Morgan fingerprint density at radius 3 is 2.48 bits per heavy atom. The number of ether oxygens (including phenoxy) is 2. The van der Waals surface area contributed by atoms with Gasteiger partial charge in [0.05, 0.1) is 26.9 Å². The van der Waals surface area contributed by atoms with E-state index in [1.165, 1.54) is 0 Å². The van der Waals surface area contributed by atoms with E-state index in [4.69, 9.17) is 9.47 Å². The van der Waals surface area contributed by atoms with Crippen LogP contribution in [-0.4, -0.2) is 48.4 Å². The third-order valence-electron chi connectivity index (χ3n) is 5.10. The molecule has 0 saturated heterocycles. The van der Waals surface area contributed by atoms with Crippen molar-refractivity contribution in [3.63, 3.8) is 0 Å². The number of amides is 2. The summed E-state index contributed by atoms with van der Waals surface area (Å²) in [4.78, 5) is 14.7. The molecular weight excluding hydrogens is 320 g/mol. The molecule has 6 nitrogen and oxygen atoms in total. The average Bonchev–Trinajstić information content (AvgIpc) is 3.46. The number of carbonyl (C=O) groups excluding carboxylic acids is 1. The molecule has 1 aromatic rings. The molecule has 138 valence electrons. The Bertz CT molecular complexity index is 595. The van der Waals surface area contributed by atoms with Gasteiger partial charge in [-0.2, -0.15) is 0 Å². The molecule has 0 spiro atoms. The van der Waals surface area contributed by atoms with Crippen molar-refractivity contribution in [2.75, 3.05) is 14.2 Å². The van der Waals surface area contributed by atoms with E-state index in [2.05, 4.69) is 5.32 Å². The number of aliphatic hydroxyl groups is 1. The molecule has 0 bridgehead atoms. The molecule has 25 heavy (non-hydrogen) atoms. The van der Waals surface area contributed by atoms with Gasteiger partial charge in [0.2, 0.25) is 0 Å². The van der Waals surface area contributed by atoms with Crippen molar-refractivity contribution in [2.24, 2.45) is 0 Å². The van der Waals surface area contributed by atoms with E-state index in [0.29, 0.717) is 12.6 Å². The minimum Gasteiger partial charge on any atom is -0.497 e. The Labute approximate surface area is 149 Å². The maximum absolute atomic E-state index is 12.8. The summed E-state index contributed by atoms with van der Waals surface area (Å²) >= 11 is 0. The van der Waals surface area contributed by atoms with Crippen LogP contribution in [0.15, 0.2) is 18.2 Å². The predicted molar refractivity (Wildman–Crippen MR) is 94.9 cm³/mol. The van der Waals surface area contributed by atoms with E-state index in [-0.39, 0.29) is 18.2 Å². The van der Waals surface area contributed by atoms with Crippen LogP contribution < -0.4 is 14.8 Å². The van der Waals surface area contributed by atoms with Gasteiger partial charge in [0.15, 0.2) is 0 Å². The molecule has 2 aliphatic rings. The number of urea groups is 1. The predicted octanol–water partition coefficient (Wildman–Crippen LogP) is 2.68. The Morgan fingerprint density at radius 1 is 1.16 bits per heavy atom. The molecule has 6 heteroatoms. The van der Waals surface area contributed by atoms with E-state index < -0.39 is 0 Å². The number of benzene rings is 1. The molecule has 2 amide bonds. The second-order valence-electron chi connectivity index (χ2n) is 6.99. The average molecular weight is 348 g/mol. The second-order valence-corrected chi connectivity index (χ2v) is 6.99. The van der Waals surface area contributed by atoms with Gasteiger partial charge in [-0.1, -0.05) is 0 Å². The number of hydrogen-bond donors (Lipinski definition) is 2. The summed E-state index contributed by atoms with van der Waals surface area (Å²) in [6, 6.07) is 6.10. The van der Waals surface area contributed by atoms with E-state index in [1.807, 2.05) is 23.1 Å². The first-order valence-electron chi connectivity index (χ1n) is 9.06. The standard InChI is InChI=1S/C19H28N2O4/c1-24-17-9-10-18(25-2)13(11-17)12-21(15-5-6-15)19(23)20-14-3-7-16(22)8-4-14/h9-11,14-16,22H,3-8,12H2,1-2H3,(H,20,23). The molecule has 0 heterocycles. The summed E-state index contributed by atoms with van der Waals surface area (Å²) in [7, 11) is 3.27. The topological polar surface area (TPSA) is 71.0 Å². The van der Waals surface area contributed by atoms with Crippen molar-refractivity contribution in [2.45, 2.75) is 63.3 Å². The van der Waals surface area contributed by atoms with Crippen LogP contribution in [0.5, 0.6) is 11.5 Å². The number of rotatable bonds is 6. The van der Waals surface area contributed by atoms with Crippen LogP contribution in [0.2, 0.25) is 0 Å². The van der Waals surface area contributed by atoms with Gasteiger partial charge in [-0.3, -0.25) is 0 Å². The Kier molecular flexibility index (Phi) is 5.68. The first-order chi connectivity index (χ1) is 12.1. The van der Waals surface area contributed by atoms with Gasteiger partial charge < -0.3 is 24.8 Å². The molecule has 0 unspecified atom stereocenters. The smallest absolute Gasteiger partial charge is 0.318 e. The number of hydrogen-bond acceptors (Lipinski definition) is 4. The largest absolute Gasteiger partial charge is 0.497 e. The lowest BCUT2D eigenvalue weighted by molar-refractivity contribution is 0.114. The van der Waals surface area contributed by atoms with Crippen LogP contribution in [0.1, 0.15) is 44.1 Å². The number of carbonyl (C=O) groups is 1. The first-order valence-corrected chi connectivity index (χ1v) is 9.06. The van der Waals surface area contributed by atoms with Crippen LogP contribution >= 0.6 is 0 Å². The van der Waals surface area contributed by atoms with Crippen LogP contribution in [-0.2, 0) is 6.54 Å². The Hall–Kier alpha value is -1.95. The van der Waals surface area contributed by atoms with Crippen LogP contribution in [0, 0.1) is 0 Å². The summed E-state index contributed by atoms with van der Waals surface area (Å²) in [6.07, 6.45) is 5.08. The molecule has 0 aromatic heterocycles. The Morgan fingerprint density at radius 2 is 1.88 bits per heavy atom. The minimum absolute atomic E-state index is 0.0197. The molecule has 2 aliphatic carbocycles. The maximum Gasteiger partial charge on any atom is 0.318 e. The van der Waals surface area contributed by atoms with Gasteiger partial charge in [0.1, 0.15) is 11.5 Å². The van der Waals surface area contributed by atoms with Gasteiger partial charge in [0, 0.05) is 17.6 Å². The highest BCUT2D eigenvalue weighted by atomic mass is 16.5. The highest BCUT2D eigenvalue weighted by Crippen LogP contribution is 2.32. The summed E-state index contributed by atoms with van der Waals surface area (Å²) < 4.78 is 10.8. The van der Waals surface area contributed by atoms with Crippen molar-refractivity contribution in [1.82, 2.24) is 10.2 Å². The zero-order valence-corrected chi connectivity index (χ0v) is 15.0. The van der Waals surface area contributed by atoms with Crippen LogP contribution in [0.4, 0.5) is 4.79 Å². The lowest BCUT2D eigenvalue weighted by Gasteiger charge is -2.30. The van der Waals surface area contributed by atoms with Crippen LogP contribution in [0.25, 0.3) is 0 Å². The van der Waals surface area contributed by atoms with Gasteiger partial charge in [-0.05, 0) is 56.7 Å². The SMILES string of the molecule is COc1ccc(OC)c(CN(C(=O)NC2CCC(O)CC2)C2CC2)c1. The minimum atomic E-state index is -0.214. The number of methoxy groups -OCH3 is 2. The molecule has 2 N–H and O–H groups in total. The van der Waals surface area contributed by atoms with Crippen LogP contribution in [0.3, 0.4) is 0 Å². The molecule has 0 aliphatic heterocycles. The van der Waals surface area contributed by atoms with Gasteiger partial charge in [-0.15, -0.1) is 0 Å². The molecule has 2 saturated carbocycles. The van der Waals surface area contributed by atoms with Gasteiger partial charge >= 0.3 is 6.03 Å². The van der Waals surface area contributed by atoms with E-state index >= 15 is 0 Å². The third kappa shape index (κ3) is 4.57. The van der Waals surface area contributed by atoms with E-state index in [0.717, 1.165) is 55.6 Å². The van der Waals surface area contributed by atoms with Crippen molar-refractivity contribution in [1.29, 1.82) is 0 Å². The van der Waals surface area contributed by atoms with Crippen molar-refractivity contribution >= 4 is 6.03 Å². The maximum atomic E-state index is 12.8. The Balaban J connectivity index is 1.68. The number of nitrogens with one attached hydrogen (secondary N) is 1. The zero-order valence-electron chi connectivity index (χ0n) is 15.0. The summed E-state index contributed by atoms with van der Waals surface area (Å²) in [5, 5.41) is 12.8. The number of nitrogens with zero attached hydrogens (tertiary/aromatic N) is 1. The lowest BCUT2D eigenvalue weighted by Crippen LogP contribution is -2.47. The van der Waals surface area contributed by atoms with E-state index in [1.54, 1.807) is 14.2 Å².